The summed E-state index contributed by atoms with van der Waals surface area (Å²) in [6.07, 6.45) is 0. The van der Waals surface area contributed by atoms with Gasteiger partial charge in [-0.3, -0.25) is 4.79 Å². The van der Waals surface area contributed by atoms with Crippen molar-refractivity contribution in [2.24, 2.45) is 0 Å². The van der Waals surface area contributed by atoms with Crippen LogP contribution in [0.2, 0.25) is 0 Å². The lowest BCUT2D eigenvalue weighted by molar-refractivity contribution is 0.0767. The Kier molecular flexibility index (Phi) is 5.73. The van der Waals surface area contributed by atoms with E-state index >= 15 is 0 Å². The van der Waals surface area contributed by atoms with Crippen LogP contribution in [0.1, 0.15) is 35.6 Å². The molecule has 0 atom stereocenters. The first-order valence-corrected chi connectivity index (χ1v) is 8.05. The average molecular weight is 328 g/mol. The van der Waals surface area contributed by atoms with Crippen molar-refractivity contribution in [3.63, 3.8) is 0 Å². The van der Waals surface area contributed by atoms with Gasteiger partial charge in [-0.1, -0.05) is 6.07 Å². The van der Waals surface area contributed by atoms with Crippen molar-refractivity contribution in [2.75, 3.05) is 25.5 Å². The number of aromatic nitrogens is 2. The lowest BCUT2D eigenvalue weighted by atomic mass is 10.2. The quantitative estimate of drug-likeness (QED) is 0.881. The van der Waals surface area contributed by atoms with E-state index in [1.807, 2.05) is 45.9 Å². The number of methoxy groups -OCH3 is 1. The maximum Gasteiger partial charge on any atom is 0.272 e. The second kappa shape index (κ2) is 7.77. The molecule has 6 nitrogen and oxygen atoms in total. The molecule has 6 heteroatoms. The third kappa shape index (κ3) is 4.01. The Bertz CT molecular complexity index is 727. The van der Waals surface area contributed by atoms with Crippen molar-refractivity contribution in [2.45, 2.75) is 27.7 Å². The van der Waals surface area contributed by atoms with Gasteiger partial charge in [-0.25, -0.2) is 9.97 Å². The summed E-state index contributed by atoms with van der Waals surface area (Å²) in [6, 6.07) is 7.52. The van der Waals surface area contributed by atoms with Crippen LogP contribution in [0.15, 0.2) is 24.3 Å². The molecule has 2 rings (SSSR count). The fraction of sp³-hybridized carbons (Fsp3) is 0.389. The Morgan fingerprint density at radius 2 is 1.88 bits per heavy atom. The summed E-state index contributed by atoms with van der Waals surface area (Å²) >= 11 is 0. The SMILES string of the molecule is CCN(CC)C(=O)c1cc(C)nc(Nc2cc(C)ccc2OC)n1. The molecule has 128 valence electrons. The number of amides is 1. The number of hydrogen-bond acceptors (Lipinski definition) is 5. The Balaban J connectivity index is 2.35. The molecule has 0 saturated carbocycles. The summed E-state index contributed by atoms with van der Waals surface area (Å²) in [7, 11) is 1.61. The van der Waals surface area contributed by atoms with E-state index < -0.39 is 0 Å². The average Bonchev–Trinajstić information content (AvgIpc) is 2.55. The summed E-state index contributed by atoms with van der Waals surface area (Å²) in [5.41, 5.74) is 2.98. The third-order valence-corrected chi connectivity index (χ3v) is 3.73. The van der Waals surface area contributed by atoms with Crippen LogP contribution in [0.4, 0.5) is 11.6 Å². The molecule has 0 fully saturated rings. The lowest BCUT2D eigenvalue weighted by Gasteiger charge is -2.18. The molecule has 1 aromatic heterocycles. The van der Waals surface area contributed by atoms with E-state index in [-0.39, 0.29) is 5.91 Å². The van der Waals surface area contributed by atoms with E-state index in [4.69, 9.17) is 4.74 Å². The van der Waals surface area contributed by atoms with E-state index in [1.165, 1.54) is 0 Å². The molecule has 1 heterocycles. The smallest absolute Gasteiger partial charge is 0.272 e. The van der Waals surface area contributed by atoms with Gasteiger partial charge in [-0.2, -0.15) is 0 Å². The number of nitrogens with one attached hydrogen (secondary N) is 1. The van der Waals surface area contributed by atoms with E-state index in [0.717, 1.165) is 16.9 Å². The molecule has 0 unspecified atom stereocenters. The number of anilines is 2. The molecule has 0 bridgehead atoms. The fourth-order valence-electron chi connectivity index (χ4n) is 2.45. The summed E-state index contributed by atoms with van der Waals surface area (Å²) < 4.78 is 5.36. The molecule has 24 heavy (non-hydrogen) atoms. The van der Waals surface area contributed by atoms with Crippen LogP contribution in [0.5, 0.6) is 5.75 Å². The van der Waals surface area contributed by atoms with E-state index in [2.05, 4.69) is 15.3 Å². The van der Waals surface area contributed by atoms with Gasteiger partial charge in [0.1, 0.15) is 11.4 Å². The molecule has 0 aliphatic carbocycles. The molecular formula is C18H24N4O2. The Labute approximate surface area is 142 Å². The Hall–Kier alpha value is -2.63. The zero-order valence-corrected chi connectivity index (χ0v) is 14.9. The molecule has 0 radical (unpaired) electrons. The Morgan fingerprint density at radius 3 is 2.50 bits per heavy atom. The lowest BCUT2D eigenvalue weighted by Crippen LogP contribution is -2.31. The van der Waals surface area contributed by atoms with Gasteiger partial charge in [0.25, 0.3) is 5.91 Å². The number of hydrogen-bond donors (Lipinski definition) is 1. The topological polar surface area (TPSA) is 67.4 Å². The molecular weight excluding hydrogens is 304 g/mol. The number of rotatable bonds is 6. The van der Waals surface area contributed by atoms with Crippen LogP contribution < -0.4 is 10.1 Å². The molecule has 0 aliphatic heterocycles. The number of nitrogens with zero attached hydrogens (tertiary/aromatic N) is 3. The maximum atomic E-state index is 12.5. The molecule has 2 aromatic rings. The molecule has 0 saturated heterocycles. The van der Waals surface area contributed by atoms with E-state index in [0.29, 0.717) is 30.5 Å². The minimum Gasteiger partial charge on any atom is -0.495 e. The highest BCUT2D eigenvalue weighted by Crippen LogP contribution is 2.27. The van der Waals surface area contributed by atoms with Gasteiger partial charge in [0, 0.05) is 18.8 Å². The predicted molar refractivity (Wildman–Crippen MR) is 95.0 cm³/mol. The number of carbonyl (C=O) groups excluding carboxylic acids is 1. The van der Waals surface area contributed by atoms with Crippen LogP contribution in [0.25, 0.3) is 0 Å². The number of ether oxygens (including phenoxy) is 1. The minimum absolute atomic E-state index is 0.0928. The van der Waals surface area contributed by atoms with Crippen LogP contribution in [-0.4, -0.2) is 41.0 Å². The molecule has 1 N–H and O–H groups in total. The second-order valence-corrected chi connectivity index (χ2v) is 5.52. The summed E-state index contributed by atoms with van der Waals surface area (Å²) in [5.74, 6) is 0.987. The Morgan fingerprint density at radius 1 is 1.17 bits per heavy atom. The highest BCUT2D eigenvalue weighted by atomic mass is 16.5. The van der Waals surface area contributed by atoms with Crippen molar-refractivity contribution in [1.29, 1.82) is 0 Å². The highest BCUT2D eigenvalue weighted by molar-refractivity contribution is 5.92. The monoisotopic (exact) mass is 328 g/mol. The van der Waals surface area contributed by atoms with Gasteiger partial charge < -0.3 is 15.0 Å². The van der Waals surface area contributed by atoms with Crippen molar-refractivity contribution < 1.29 is 9.53 Å². The van der Waals surface area contributed by atoms with Gasteiger partial charge in [0.2, 0.25) is 5.95 Å². The largest absolute Gasteiger partial charge is 0.495 e. The molecule has 1 amide bonds. The summed E-state index contributed by atoms with van der Waals surface area (Å²) in [5, 5.41) is 3.16. The van der Waals surface area contributed by atoms with Gasteiger partial charge in [-0.05, 0) is 51.5 Å². The third-order valence-electron chi connectivity index (χ3n) is 3.73. The van der Waals surface area contributed by atoms with Crippen molar-refractivity contribution in [3.8, 4) is 5.75 Å². The van der Waals surface area contributed by atoms with Crippen LogP contribution in [0.3, 0.4) is 0 Å². The second-order valence-electron chi connectivity index (χ2n) is 5.52. The van der Waals surface area contributed by atoms with Crippen LogP contribution in [-0.2, 0) is 0 Å². The van der Waals surface area contributed by atoms with Gasteiger partial charge >= 0.3 is 0 Å². The highest BCUT2D eigenvalue weighted by Gasteiger charge is 2.16. The van der Waals surface area contributed by atoms with Gasteiger partial charge in [-0.15, -0.1) is 0 Å². The van der Waals surface area contributed by atoms with Crippen molar-refractivity contribution >= 4 is 17.5 Å². The van der Waals surface area contributed by atoms with E-state index in [1.54, 1.807) is 18.1 Å². The zero-order valence-electron chi connectivity index (χ0n) is 14.9. The van der Waals surface area contributed by atoms with Gasteiger partial charge in [0.05, 0.1) is 12.8 Å². The normalized spacial score (nSPS) is 10.4. The predicted octanol–water partition coefficient (Wildman–Crippen LogP) is 3.33. The molecule has 0 spiro atoms. The van der Waals surface area contributed by atoms with Crippen molar-refractivity contribution in [1.82, 2.24) is 14.9 Å². The first-order valence-electron chi connectivity index (χ1n) is 8.05. The van der Waals surface area contributed by atoms with Crippen LogP contribution >= 0.6 is 0 Å². The van der Waals surface area contributed by atoms with Gasteiger partial charge in [0.15, 0.2) is 0 Å². The first-order chi connectivity index (χ1) is 11.5. The fourth-order valence-corrected chi connectivity index (χ4v) is 2.45. The molecule has 1 aromatic carbocycles. The summed E-state index contributed by atoms with van der Waals surface area (Å²) in [6.45, 7) is 9.04. The minimum atomic E-state index is -0.0928. The standard InChI is InChI=1S/C18H24N4O2/c1-6-22(7-2)17(23)15-11-13(4)19-18(21-15)20-14-10-12(3)8-9-16(14)24-5/h8-11H,6-7H2,1-5H3,(H,19,20,21). The van der Waals surface area contributed by atoms with Crippen molar-refractivity contribution in [3.05, 3.63) is 41.2 Å². The number of benzene rings is 1. The van der Waals surface area contributed by atoms with E-state index in [9.17, 15) is 4.79 Å². The number of aryl methyl sites for hydroxylation is 2. The zero-order chi connectivity index (χ0) is 17.7. The first kappa shape index (κ1) is 17.7. The maximum absolute atomic E-state index is 12.5. The number of carbonyl (C=O) groups is 1. The molecule has 0 aliphatic rings. The van der Waals surface area contributed by atoms with Crippen LogP contribution in [0, 0.1) is 13.8 Å². The summed E-state index contributed by atoms with van der Waals surface area (Å²) in [4.78, 5) is 23.0.